The number of morpholine rings is 1. The quantitative estimate of drug-likeness (QED) is 0.795. The minimum Gasteiger partial charge on any atom is -0.385 e. The van der Waals surface area contributed by atoms with E-state index in [1.165, 1.54) is 6.07 Å². The molecule has 0 aliphatic carbocycles. The Hall–Kier alpha value is -1.96. The second-order valence-electron chi connectivity index (χ2n) is 7.61. The molecule has 4 rings (SSSR count). The molecule has 0 radical (unpaired) electrons. The predicted octanol–water partition coefficient (Wildman–Crippen LogP) is 4.10. The van der Waals surface area contributed by atoms with Gasteiger partial charge in [0, 0.05) is 24.2 Å². The van der Waals surface area contributed by atoms with E-state index in [2.05, 4.69) is 4.90 Å². The van der Waals surface area contributed by atoms with Gasteiger partial charge in [0.25, 0.3) is 0 Å². The summed E-state index contributed by atoms with van der Waals surface area (Å²) in [5.74, 6) is -1.38. The van der Waals surface area contributed by atoms with E-state index in [9.17, 15) is 22.7 Å². The second kappa shape index (κ2) is 7.13. The summed E-state index contributed by atoms with van der Waals surface area (Å²) in [7, 11) is 0. The second-order valence-corrected chi connectivity index (χ2v) is 7.61. The summed E-state index contributed by atoms with van der Waals surface area (Å²) in [4.78, 5) is 2.21. The third-order valence-electron chi connectivity index (χ3n) is 5.72. The van der Waals surface area contributed by atoms with E-state index in [0.717, 1.165) is 11.6 Å². The number of ether oxygens (including phenoxy) is 1. The highest BCUT2D eigenvalue weighted by molar-refractivity contribution is 5.33. The average molecular weight is 395 g/mol. The molecule has 0 saturated carbocycles. The van der Waals surface area contributed by atoms with Gasteiger partial charge in [0.15, 0.2) is 0 Å². The molecule has 2 saturated heterocycles. The lowest BCUT2D eigenvalue weighted by atomic mass is 9.76. The molecule has 1 N–H and O–H groups in total. The average Bonchev–Trinajstić information content (AvgIpc) is 2.63. The summed E-state index contributed by atoms with van der Waals surface area (Å²) < 4.78 is 59.6. The van der Waals surface area contributed by atoms with E-state index >= 15 is 0 Å². The summed E-state index contributed by atoms with van der Waals surface area (Å²) >= 11 is 0. The molecule has 2 aliphatic rings. The van der Waals surface area contributed by atoms with E-state index in [0.29, 0.717) is 25.8 Å². The smallest absolute Gasteiger partial charge is 0.385 e. The fourth-order valence-corrected chi connectivity index (χ4v) is 4.43. The molecule has 2 atom stereocenters. The van der Waals surface area contributed by atoms with Crippen molar-refractivity contribution in [1.29, 1.82) is 0 Å². The molecule has 2 unspecified atom stereocenters. The number of halogens is 4. The van der Waals surface area contributed by atoms with Gasteiger partial charge in [-0.2, -0.15) is 13.2 Å². The van der Waals surface area contributed by atoms with Crippen LogP contribution in [0.25, 0.3) is 0 Å². The summed E-state index contributed by atoms with van der Waals surface area (Å²) in [6.07, 6.45) is -4.56. The van der Waals surface area contributed by atoms with Crippen LogP contribution in [-0.2, 0) is 23.1 Å². The fourth-order valence-electron chi connectivity index (χ4n) is 4.43. The van der Waals surface area contributed by atoms with E-state index in [1.807, 2.05) is 30.3 Å². The number of aliphatic hydroxyl groups is 1. The molecule has 2 fully saturated rings. The Morgan fingerprint density at radius 3 is 2.25 bits per heavy atom. The summed E-state index contributed by atoms with van der Waals surface area (Å²) in [5.41, 5.74) is -2.17. The molecule has 7 heteroatoms. The van der Waals surface area contributed by atoms with Crippen LogP contribution in [0.15, 0.2) is 48.5 Å². The lowest BCUT2D eigenvalue weighted by Crippen LogP contribution is -2.60. The monoisotopic (exact) mass is 395 g/mol. The van der Waals surface area contributed by atoms with Crippen molar-refractivity contribution in [2.24, 2.45) is 0 Å². The zero-order valence-electron chi connectivity index (χ0n) is 15.1. The van der Waals surface area contributed by atoms with Crippen molar-refractivity contribution in [2.45, 2.75) is 43.2 Å². The Bertz CT molecular complexity index is 826. The molecule has 28 heavy (non-hydrogen) atoms. The van der Waals surface area contributed by atoms with E-state index < -0.39 is 23.2 Å². The zero-order chi connectivity index (χ0) is 19.9. The summed E-state index contributed by atoms with van der Waals surface area (Å²) in [6, 6.07) is 12.5. The zero-order valence-corrected chi connectivity index (χ0v) is 15.1. The molecule has 2 aliphatic heterocycles. The fraction of sp³-hybridized carbons (Fsp3) is 0.429. The van der Waals surface area contributed by atoms with Gasteiger partial charge in [0.1, 0.15) is 5.82 Å². The van der Waals surface area contributed by atoms with Gasteiger partial charge in [-0.25, -0.2) is 4.39 Å². The van der Waals surface area contributed by atoms with Crippen LogP contribution in [0.3, 0.4) is 0 Å². The van der Waals surface area contributed by atoms with Crippen LogP contribution in [0.4, 0.5) is 17.6 Å². The van der Waals surface area contributed by atoms with E-state index in [-0.39, 0.29) is 30.5 Å². The van der Waals surface area contributed by atoms with Crippen LogP contribution in [0.1, 0.15) is 29.5 Å². The number of nitrogens with zero attached hydrogens (tertiary/aromatic N) is 1. The van der Waals surface area contributed by atoms with Crippen molar-refractivity contribution in [3.8, 4) is 0 Å². The summed E-state index contributed by atoms with van der Waals surface area (Å²) in [6.45, 7) is 1.36. The molecular formula is C21H21F4NO2. The van der Waals surface area contributed by atoms with Crippen molar-refractivity contribution in [1.82, 2.24) is 4.90 Å². The Morgan fingerprint density at radius 2 is 1.64 bits per heavy atom. The lowest BCUT2D eigenvalue weighted by Gasteiger charge is -2.52. The van der Waals surface area contributed by atoms with Crippen LogP contribution in [-0.4, -0.2) is 35.3 Å². The number of alkyl halides is 3. The normalized spacial score (nSPS) is 28.3. The third-order valence-corrected chi connectivity index (χ3v) is 5.72. The molecule has 2 bridgehead atoms. The third kappa shape index (κ3) is 3.54. The topological polar surface area (TPSA) is 32.7 Å². The van der Waals surface area contributed by atoms with Crippen LogP contribution in [0.2, 0.25) is 0 Å². The standard InChI is InChI=1S/C21H21F4NO2/c22-19-17(7-4-8-18(19)21(23,24)25)20(27)9-15-12-28-13-16(10-20)26(15)11-14-5-2-1-3-6-14/h1-8,15-16,27H,9-13H2. The molecular weight excluding hydrogens is 374 g/mol. The van der Waals surface area contributed by atoms with Crippen molar-refractivity contribution >= 4 is 0 Å². The van der Waals surface area contributed by atoms with Crippen molar-refractivity contribution in [3.05, 3.63) is 71.0 Å². The highest BCUT2D eigenvalue weighted by atomic mass is 19.4. The Morgan fingerprint density at radius 1 is 1.00 bits per heavy atom. The van der Waals surface area contributed by atoms with Crippen molar-refractivity contribution in [2.75, 3.05) is 13.2 Å². The molecule has 0 aromatic heterocycles. The van der Waals surface area contributed by atoms with Crippen LogP contribution in [0.5, 0.6) is 0 Å². The molecule has 2 heterocycles. The van der Waals surface area contributed by atoms with Crippen LogP contribution in [0, 0.1) is 5.82 Å². The highest BCUT2D eigenvalue weighted by Gasteiger charge is 2.49. The van der Waals surface area contributed by atoms with Gasteiger partial charge in [-0.15, -0.1) is 0 Å². The number of rotatable bonds is 3. The minimum atomic E-state index is -4.80. The maximum atomic E-state index is 14.7. The van der Waals surface area contributed by atoms with Crippen LogP contribution < -0.4 is 0 Å². The number of hydrogen-bond donors (Lipinski definition) is 1. The van der Waals surface area contributed by atoms with Gasteiger partial charge in [-0.3, -0.25) is 4.90 Å². The first-order chi connectivity index (χ1) is 13.3. The first kappa shape index (κ1) is 19.4. The van der Waals surface area contributed by atoms with Gasteiger partial charge in [0.05, 0.1) is 24.4 Å². The van der Waals surface area contributed by atoms with Gasteiger partial charge < -0.3 is 9.84 Å². The van der Waals surface area contributed by atoms with Crippen molar-refractivity contribution < 1.29 is 27.4 Å². The first-order valence-corrected chi connectivity index (χ1v) is 9.24. The molecule has 2 aromatic carbocycles. The molecule has 0 amide bonds. The Kier molecular flexibility index (Phi) is 4.93. The maximum Gasteiger partial charge on any atom is 0.419 e. The Labute approximate surface area is 160 Å². The van der Waals surface area contributed by atoms with Crippen molar-refractivity contribution in [3.63, 3.8) is 0 Å². The SMILES string of the molecule is OC1(c2cccc(C(F)(F)F)c2F)CC2COCC(C1)N2Cc1ccccc1. The summed E-state index contributed by atoms with van der Waals surface area (Å²) in [5, 5.41) is 11.2. The predicted molar refractivity (Wildman–Crippen MR) is 94.9 cm³/mol. The Balaban J connectivity index is 1.63. The van der Waals surface area contributed by atoms with Gasteiger partial charge >= 0.3 is 6.18 Å². The number of piperidine rings is 1. The largest absolute Gasteiger partial charge is 0.419 e. The first-order valence-electron chi connectivity index (χ1n) is 9.24. The number of fused-ring (bicyclic) bond motifs is 2. The molecule has 3 nitrogen and oxygen atoms in total. The van der Waals surface area contributed by atoms with Crippen LogP contribution >= 0.6 is 0 Å². The number of benzene rings is 2. The van der Waals surface area contributed by atoms with Gasteiger partial charge in [-0.1, -0.05) is 42.5 Å². The van der Waals surface area contributed by atoms with E-state index in [1.54, 1.807) is 0 Å². The van der Waals surface area contributed by atoms with Gasteiger partial charge in [0.2, 0.25) is 0 Å². The van der Waals surface area contributed by atoms with Gasteiger partial charge in [-0.05, 0) is 24.5 Å². The maximum absolute atomic E-state index is 14.7. The lowest BCUT2D eigenvalue weighted by molar-refractivity contribution is -0.152. The number of hydrogen-bond acceptors (Lipinski definition) is 3. The molecule has 150 valence electrons. The molecule has 0 spiro atoms. The highest BCUT2D eigenvalue weighted by Crippen LogP contribution is 2.44. The van der Waals surface area contributed by atoms with E-state index in [4.69, 9.17) is 4.74 Å². The molecule has 2 aromatic rings. The minimum absolute atomic E-state index is 0.120.